The second-order valence-corrected chi connectivity index (χ2v) is 8.88. The number of benzene rings is 1. The van der Waals surface area contributed by atoms with Gasteiger partial charge in [-0.2, -0.15) is 8.78 Å². The van der Waals surface area contributed by atoms with Crippen molar-refractivity contribution < 1.29 is 33.0 Å². The summed E-state index contributed by atoms with van der Waals surface area (Å²) in [7, 11) is 0. The van der Waals surface area contributed by atoms with Crippen molar-refractivity contribution in [1.82, 2.24) is 0 Å². The first kappa shape index (κ1) is 23.5. The van der Waals surface area contributed by atoms with Gasteiger partial charge in [-0.3, -0.25) is 0 Å². The molecule has 5 nitrogen and oxygen atoms in total. The van der Waals surface area contributed by atoms with Crippen LogP contribution in [0.2, 0.25) is 0 Å². The molecule has 2 aliphatic rings. The van der Waals surface area contributed by atoms with E-state index < -0.39 is 29.9 Å². The minimum absolute atomic E-state index is 0.101. The Bertz CT molecular complexity index is 750. The van der Waals surface area contributed by atoms with E-state index in [2.05, 4.69) is 6.92 Å². The highest BCUT2D eigenvalue weighted by atomic mass is 19.3. The number of alkyl halides is 2. The van der Waals surface area contributed by atoms with Gasteiger partial charge in [-0.1, -0.05) is 32.6 Å². The molecular formula is C24H32F2O5. The van der Waals surface area contributed by atoms with Gasteiger partial charge in [-0.25, -0.2) is 9.59 Å². The summed E-state index contributed by atoms with van der Waals surface area (Å²) in [4.78, 5) is 23.8. The summed E-state index contributed by atoms with van der Waals surface area (Å²) in [6, 6.07) is 6.27. The van der Waals surface area contributed by atoms with E-state index >= 15 is 0 Å². The predicted octanol–water partition coefficient (Wildman–Crippen LogP) is 6.00. The molecule has 3 rings (SSSR count). The smallest absolute Gasteiger partial charge is 0.378 e. The van der Waals surface area contributed by atoms with Crippen LogP contribution in [0, 0.1) is 5.92 Å². The van der Waals surface area contributed by atoms with Crippen molar-refractivity contribution in [1.29, 1.82) is 0 Å². The molecule has 172 valence electrons. The number of carboxylic acids is 1. The number of aliphatic carboxylic acids is 1. The second-order valence-electron chi connectivity index (χ2n) is 8.88. The number of carboxylic acid groups (broad SMARTS) is 1. The zero-order valence-corrected chi connectivity index (χ0v) is 18.1. The molecule has 1 atom stereocenters. The number of rotatable bonds is 8. The minimum atomic E-state index is -4.13. The lowest BCUT2D eigenvalue weighted by molar-refractivity contribution is -0.189. The van der Waals surface area contributed by atoms with Gasteiger partial charge in [0.2, 0.25) is 0 Å². The summed E-state index contributed by atoms with van der Waals surface area (Å²) in [6.07, 6.45) is 7.55. The maximum atomic E-state index is 14.4. The SMILES string of the molecule is CCC1(Oc2ccc(C(=O)OC(C3CCCCC3)C(F)(F)C(=O)O)cc2)CCCCC1. The van der Waals surface area contributed by atoms with Gasteiger partial charge in [-0.05, 0) is 69.2 Å². The molecule has 2 aliphatic carbocycles. The van der Waals surface area contributed by atoms with Gasteiger partial charge < -0.3 is 14.6 Å². The first-order chi connectivity index (χ1) is 14.8. The molecule has 2 saturated carbocycles. The highest BCUT2D eigenvalue weighted by Crippen LogP contribution is 2.38. The van der Waals surface area contributed by atoms with Gasteiger partial charge in [0.25, 0.3) is 0 Å². The van der Waals surface area contributed by atoms with Crippen molar-refractivity contribution in [2.24, 2.45) is 5.92 Å². The van der Waals surface area contributed by atoms with Crippen LogP contribution in [-0.4, -0.2) is 34.7 Å². The maximum Gasteiger partial charge on any atom is 0.378 e. The summed E-state index contributed by atoms with van der Waals surface area (Å²) >= 11 is 0. The molecule has 0 aliphatic heterocycles. The normalized spacial score (nSPS) is 20.6. The fourth-order valence-electron chi connectivity index (χ4n) is 4.84. The zero-order chi connectivity index (χ0) is 22.5. The molecule has 1 aromatic rings. The maximum absolute atomic E-state index is 14.4. The molecule has 0 amide bonds. The summed E-state index contributed by atoms with van der Waals surface area (Å²) in [5.74, 6) is -7.38. The van der Waals surface area contributed by atoms with Crippen LogP contribution in [0.15, 0.2) is 24.3 Å². The van der Waals surface area contributed by atoms with Gasteiger partial charge in [0, 0.05) is 5.92 Å². The summed E-state index contributed by atoms with van der Waals surface area (Å²) < 4.78 is 40.1. The number of halogens is 2. The van der Waals surface area contributed by atoms with E-state index in [9.17, 15) is 18.4 Å². The molecule has 1 unspecified atom stereocenters. The molecule has 0 saturated heterocycles. The molecule has 0 spiro atoms. The first-order valence-corrected chi connectivity index (χ1v) is 11.4. The van der Waals surface area contributed by atoms with E-state index in [0.29, 0.717) is 18.6 Å². The molecule has 31 heavy (non-hydrogen) atoms. The Morgan fingerprint density at radius 2 is 1.65 bits per heavy atom. The summed E-state index contributed by atoms with van der Waals surface area (Å²) in [6.45, 7) is 2.10. The van der Waals surface area contributed by atoms with Crippen LogP contribution >= 0.6 is 0 Å². The van der Waals surface area contributed by atoms with Gasteiger partial charge >= 0.3 is 17.9 Å². The fraction of sp³-hybridized carbons (Fsp3) is 0.667. The molecule has 0 heterocycles. The highest BCUT2D eigenvalue weighted by Gasteiger charge is 2.53. The lowest BCUT2D eigenvalue weighted by atomic mass is 9.82. The van der Waals surface area contributed by atoms with E-state index in [0.717, 1.165) is 51.4 Å². The number of carbonyl (C=O) groups is 2. The number of esters is 1. The average Bonchev–Trinajstić information content (AvgIpc) is 2.78. The lowest BCUT2D eigenvalue weighted by Gasteiger charge is -2.37. The number of carbonyl (C=O) groups excluding carboxylic acids is 1. The van der Waals surface area contributed by atoms with E-state index in [1.165, 1.54) is 18.6 Å². The number of hydrogen-bond donors (Lipinski definition) is 1. The predicted molar refractivity (Wildman–Crippen MR) is 112 cm³/mol. The van der Waals surface area contributed by atoms with E-state index in [1.807, 2.05) is 0 Å². The second kappa shape index (κ2) is 9.96. The molecule has 0 bridgehead atoms. The van der Waals surface area contributed by atoms with Crippen LogP contribution in [0.4, 0.5) is 8.78 Å². The van der Waals surface area contributed by atoms with Crippen LogP contribution < -0.4 is 4.74 Å². The van der Waals surface area contributed by atoms with Crippen molar-refractivity contribution in [3.05, 3.63) is 29.8 Å². The largest absolute Gasteiger partial charge is 0.487 e. The van der Waals surface area contributed by atoms with Crippen molar-refractivity contribution in [3.63, 3.8) is 0 Å². The van der Waals surface area contributed by atoms with Crippen LogP contribution in [-0.2, 0) is 9.53 Å². The third kappa shape index (κ3) is 5.55. The molecule has 0 aromatic heterocycles. The lowest BCUT2D eigenvalue weighted by Crippen LogP contribution is -2.48. The Labute approximate surface area is 182 Å². The van der Waals surface area contributed by atoms with Crippen LogP contribution in [0.3, 0.4) is 0 Å². The molecular weight excluding hydrogens is 406 g/mol. The van der Waals surface area contributed by atoms with Gasteiger partial charge in [0.1, 0.15) is 11.4 Å². The Morgan fingerprint density at radius 3 is 2.19 bits per heavy atom. The Kier molecular flexibility index (Phi) is 7.55. The standard InChI is InChI=1S/C24H32F2O5/c1-2-23(15-7-4-8-16-23)31-19-13-11-18(12-14-19)21(27)30-20(24(25,26)22(28)29)17-9-5-3-6-10-17/h11-14,17,20H,2-10,15-16H2,1H3,(H,28,29). The van der Waals surface area contributed by atoms with Crippen LogP contribution in [0.25, 0.3) is 0 Å². The van der Waals surface area contributed by atoms with Crippen molar-refractivity contribution in [2.75, 3.05) is 0 Å². The Hall–Kier alpha value is -2.18. The number of hydrogen-bond acceptors (Lipinski definition) is 4. The third-order valence-corrected chi connectivity index (χ3v) is 6.79. The summed E-state index contributed by atoms with van der Waals surface area (Å²) in [5.41, 5.74) is -0.0980. The first-order valence-electron chi connectivity index (χ1n) is 11.4. The van der Waals surface area contributed by atoms with Crippen LogP contribution in [0.1, 0.15) is 87.9 Å². The molecule has 7 heteroatoms. The van der Waals surface area contributed by atoms with Gasteiger partial charge in [0.15, 0.2) is 6.10 Å². The molecule has 2 fully saturated rings. The van der Waals surface area contributed by atoms with Crippen LogP contribution in [0.5, 0.6) is 5.75 Å². The Morgan fingerprint density at radius 1 is 1.06 bits per heavy atom. The third-order valence-electron chi connectivity index (χ3n) is 6.79. The topological polar surface area (TPSA) is 72.8 Å². The van der Waals surface area contributed by atoms with Crippen molar-refractivity contribution >= 4 is 11.9 Å². The molecule has 0 radical (unpaired) electrons. The number of ether oxygens (including phenoxy) is 2. The van der Waals surface area contributed by atoms with Crippen molar-refractivity contribution in [2.45, 2.75) is 95.2 Å². The zero-order valence-electron chi connectivity index (χ0n) is 18.1. The Balaban J connectivity index is 1.71. The minimum Gasteiger partial charge on any atom is -0.487 e. The summed E-state index contributed by atoms with van der Waals surface area (Å²) in [5, 5.41) is 9.01. The quantitative estimate of drug-likeness (QED) is 0.504. The monoisotopic (exact) mass is 438 g/mol. The highest BCUT2D eigenvalue weighted by molar-refractivity contribution is 5.90. The van der Waals surface area contributed by atoms with Gasteiger partial charge in [0.05, 0.1) is 5.56 Å². The van der Waals surface area contributed by atoms with Crippen molar-refractivity contribution in [3.8, 4) is 5.75 Å². The molecule has 1 aromatic carbocycles. The molecule has 1 N–H and O–H groups in total. The fourth-order valence-corrected chi connectivity index (χ4v) is 4.84. The van der Waals surface area contributed by atoms with E-state index in [-0.39, 0.29) is 11.2 Å². The van der Waals surface area contributed by atoms with E-state index in [4.69, 9.17) is 14.6 Å². The average molecular weight is 439 g/mol. The van der Waals surface area contributed by atoms with Gasteiger partial charge in [-0.15, -0.1) is 0 Å². The van der Waals surface area contributed by atoms with E-state index in [1.54, 1.807) is 12.1 Å².